The molecule has 1 aromatic rings. The second-order valence-electron chi connectivity index (χ2n) is 6.43. The Balaban J connectivity index is 3.07. The third kappa shape index (κ3) is 4.70. The number of aromatic nitrogens is 1. The summed E-state index contributed by atoms with van der Waals surface area (Å²) >= 11 is 0. The molecule has 1 heterocycles. The molecule has 0 radical (unpaired) electrons. The summed E-state index contributed by atoms with van der Waals surface area (Å²) in [5.74, 6) is 0. The van der Waals surface area contributed by atoms with Crippen molar-refractivity contribution in [2.75, 3.05) is 0 Å². The van der Waals surface area contributed by atoms with Crippen molar-refractivity contribution in [3.63, 3.8) is 0 Å². The normalized spacial score (nSPS) is 14.2. The number of hydrogen-bond donors (Lipinski definition) is 5. The van der Waals surface area contributed by atoms with Gasteiger partial charge >= 0.3 is 15.2 Å². The van der Waals surface area contributed by atoms with E-state index in [2.05, 4.69) is 4.98 Å². The molecule has 0 atom stereocenters. The zero-order chi connectivity index (χ0) is 17.4. The van der Waals surface area contributed by atoms with Gasteiger partial charge in [-0.1, -0.05) is 26.8 Å². The maximum Gasteiger partial charge on any atom is 0.369 e. The third-order valence-corrected chi connectivity index (χ3v) is 6.72. The lowest BCUT2D eigenvalue weighted by Gasteiger charge is -2.29. The molecule has 0 saturated heterocycles. The van der Waals surface area contributed by atoms with E-state index in [1.165, 1.54) is 12.3 Å². The van der Waals surface area contributed by atoms with Gasteiger partial charge in [-0.3, -0.25) is 14.1 Å². The molecular formula is C12H21NO7P2. The lowest BCUT2D eigenvalue weighted by atomic mass is 9.90. The Morgan fingerprint density at radius 1 is 1.00 bits per heavy atom. The van der Waals surface area contributed by atoms with Crippen molar-refractivity contribution in [3.05, 3.63) is 29.6 Å². The quantitative estimate of drug-likeness (QED) is 0.496. The van der Waals surface area contributed by atoms with Gasteiger partial charge in [-0.15, -0.1) is 0 Å². The summed E-state index contributed by atoms with van der Waals surface area (Å²) in [7, 11) is -10.9. The highest BCUT2D eigenvalue weighted by molar-refractivity contribution is 7.72. The van der Waals surface area contributed by atoms with Gasteiger partial charge < -0.3 is 24.7 Å². The van der Waals surface area contributed by atoms with Gasteiger partial charge in [-0.05, 0) is 23.5 Å². The smallest absolute Gasteiger partial charge is 0.367 e. The molecule has 0 aliphatic heterocycles. The van der Waals surface area contributed by atoms with Gasteiger partial charge in [0, 0.05) is 18.3 Å². The highest BCUT2D eigenvalue weighted by Gasteiger charge is 2.59. The molecule has 0 spiro atoms. The van der Waals surface area contributed by atoms with Crippen molar-refractivity contribution in [3.8, 4) is 0 Å². The van der Waals surface area contributed by atoms with E-state index in [0.29, 0.717) is 6.42 Å². The second-order valence-corrected chi connectivity index (χ2v) is 10.4. The number of hydrogen-bond acceptors (Lipinski definition) is 4. The van der Waals surface area contributed by atoms with Crippen molar-refractivity contribution >= 4 is 15.2 Å². The minimum atomic E-state index is -5.46. The van der Waals surface area contributed by atoms with Gasteiger partial charge in [0.1, 0.15) is 0 Å². The molecule has 10 heteroatoms. The fourth-order valence-corrected chi connectivity index (χ4v) is 3.99. The van der Waals surface area contributed by atoms with Crippen LogP contribution in [0.4, 0.5) is 0 Å². The lowest BCUT2D eigenvalue weighted by molar-refractivity contribution is 0.131. The number of pyridine rings is 1. The Hall–Kier alpha value is -0.590. The van der Waals surface area contributed by atoms with Crippen molar-refractivity contribution in [2.24, 2.45) is 5.41 Å². The van der Waals surface area contributed by atoms with E-state index in [9.17, 15) is 14.2 Å². The summed E-state index contributed by atoms with van der Waals surface area (Å²) in [5.41, 5.74) is 0.839. The first-order chi connectivity index (χ1) is 9.66. The molecular weight excluding hydrogens is 332 g/mol. The van der Waals surface area contributed by atoms with E-state index in [1.54, 1.807) is 6.07 Å². The summed E-state index contributed by atoms with van der Waals surface area (Å²) in [5, 5.41) is 6.39. The molecule has 22 heavy (non-hydrogen) atoms. The Labute approximate surface area is 128 Å². The summed E-state index contributed by atoms with van der Waals surface area (Å²) in [6, 6.07) is 3.03. The third-order valence-electron chi connectivity index (χ3n) is 2.97. The number of aliphatic hydroxyl groups is 1. The van der Waals surface area contributed by atoms with Crippen LogP contribution in [-0.4, -0.2) is 34.7 Å². The van der Waals surface area contributed by atoms with Crippen LogP contribution in [0.5, 0.6) is 0 Å². The summed E-state index contributed by atoms with van der Waals surface area (Å²) in [6.07, 6.45) is 1.01. The SMILES string of the molecule is CC(C)(C)Cc1ccc(CC(O)(P(=O)(O)O)P(=O)(O)O)cn1. The first-order valence-corrected chi connectivity index (χ1v) is 9.66. The highest BCUT2D eigenvalue weighted by atomic mass is 31.2. The van der Waals surface area contributed by atoms with E-state index < -0.39 is 26.7 Å². The van der Waals surface area contributed by atoms with Crippen molar-refractivity contribution in [1.82, 2.24) is 4.98 Å². The molecule has 0 unspecified atom stereocenters. The van der Waals surface area contributed by atoms with Crippen molar-refractivity contribution < 1.29 is 33.8 Å². The summed E-state index contributed by atoms with van der Waals surface area (Å²) < 4.78 is 22.6. The molecule has 0 bridgehead atoms. The monoisotopic (exact) mass is 353 g/mol. The molecule has 1 rings (SSSR count). The maximum atomic E-state index is 11.3. The van der Waals surface area contributed by atoms with E-state index in [-0.39, 0.29) is 11.0 Å². The molecule has 0 aliphatic rings. The maximum absolute atomic E-state index is 11.3. The van der Waals surface area contributed by atoms with Crippen LogP contribution in [-0.2, 0) is 22.0 Å². The molecule has 0 aromatic carbocycles. The topological polar surface area (TPSA) is 148 Å². The predicted octanol–water partition coefficient (Wildman–Crippen LogP) is 1.21. The number of rotatable bonds is 5. The summed E-state index contributed by atoms with van der Waals surface area (Å²) in [4.78, 5) is 40.5. The van der Waals surface area contributed by atoms with Crippen LogP contribution in [0.2, 0.25) is 0 Å². The van der Waals surface area contributed by atoms with Crippen molar-refractivity contribution in [1.29, 1.82) is 0 Å². The van der Waals surface area contributed by atoms with Crippen LogP contribution in [0.15, 0.2) is 18.3 Å². The first kappa shape index (κ1) is 19.5. The van der Waals surface area contributed by atoms with Gasteiger partial charge in [-0.25, -0.2) is 0 Å². The highest BCUT2D eigenvalue weighted by Crippen LogP contribution is 2.68. The van der Waals surface area contributed by atoms with Crippen LogP contribution in [0.1, 0.15) is 32.0 Å². The predicted molar refractivity (Wildman–Crippen MR) is 80.1 cm³/mol. The van der Waals surface area contributed by atoms with Crippen molar-refractivity contribution in [2.45, 2.75) is 38.7 Å². The van der Waals surface area contributed by atoms with Crippen LogP contribution < -0.4 is 0 Å². The standard InChI is InChI=1S/C12H21NO7P2/c1-11(2,3)7-10-5-4-9(8-13-10)6-12(14,21(15,16)17)22(18,19)20/h4-5,8,14H,6-7H2,1-3H3,(H2,15,16,17)(H2,18,19,20). The molecule has 0 saturated carbocycles. The fraction of sp³-hybridized carbons (Fsp3) is 0.583. The molecule has 5 N–H and O–H groups in total. The molecule has 126 valence electrons. The van der Waals surface area contributed by atoms with Crippen LogP contribution in [0.25, 0.3) is 0 Å². The molecule has 8 nitrogen and oxygen atoms in total. The second kappa shape index (κ2) is 6.13. The Bertz CT molecular complexity index is 589. The molecule has 1 aromatic heterocycles. The minimum Gasteiger partial charge on any atom is -0.367 e. The van der Waals surface area contributed by atoms with E-state index >= 15 is 0 Å². The van der Waals surface area contributed by atoms with Crippen LogP contribution >= 0.6 is 15.2 Å². The van der Waals surface area contributed by atoms with Gasteiger partial charge in [-0.2, -0.15) is 0 Å². The van der Waals surface area contributed by atoms with Gasteiger partial charge in [0.25, 0.3) is 5.08 Å². The van der Waals surface area contributed by atoms with Crippen LogP contribution in [0.3, 0.4) is 0 Å². The molecule has 0 fully saturated rings. The zero-order valence-corrected chi connectivity index (χ0v) is 14.3. The van der Waals surface area contributed by atoms with Gasteiger partial charge in [0.05, 0.1) is 0 Å². The minimum absolute atomic E-state index is 0.00689. The molecule has 0 aliphatic carbocycles. The number of nitrogens with zero attached hydrogens (tertiary/aromatic N) is 1. The summed E-state index contributed by atoms with van der Waals surface area (Å²) in [6.45, 7) is 6.05. The van der Waals surface area contributed by atoms with E-state index in [0.717, 1.165) is 5.69 Å². The Morgan fingerprint density at radius 2 is 1.50 bits per heavy atom. The lowest BCUT2D eigenvalue weighted by Crippen LogP contribution is -2.31. The van der Waals surface area contributed by atoms with E-state index in [4.69, 9.17) is 19.6 Å². The van der Waals surface area contributed by atoms with Gasteiger partial charge in [0.15, 0.2) is 0 Å². The first-order valence-electron chi connectivity index (χ1n) is 6.43. The average Bonchev–Trinajstić information content (AvgIpc) is 2.26. The Morgan fingerprint density at radius 3 is 1.82 bits per heavy atom. The molecule has 0 amide bonds. The fourth-order valence-electron chi connectivity index (χ4n) is 1.86. The van der Waals surface area contributed by atoms with Gasteiger partial charge in [0.2, 0.25) is 0 Å². The largest absolute Gasteiger partial charge is 0.369 e. The zero-order valence-electron chi connectivity index (χ0n) is 12.5. The van der Waals surface area contributed by atoms with E-state index in [1.807, 2.05) is 20.8 Å². The van der Waals surface area contributed by atoms with Crippen LogP contribution in [0, 0.1) is 5.41 Å². The average molecular weight is 353 g/mol. The Kier molecular flexibility index (Phi) is 5.42.